The Labute approximate surface area is 149 Å². The summed E-state index contributed by atoms with van der Waals surface area (Å²) in [7, 11) is 0. The Kier molecular flexibility index (Phi) is 6.75. The van der Waals surface area contributed by atoms with Crippen LogP contribution in [0.5, 0.6) is 0 Å². The van der Waals surface area contributed by atoms with Crippen molar-refractivity contribution < 1.29 is 0 Å². The standard InChI is InChI=1S/C15H16Br3NS/c1-2-7-19-13(14-9-12(17)15(18)20-14)8-10-3-5-11(16)6-4-10/h3-6,9,13,19H,2,7-8H2,1H3. The summed E-state index contributed by atoms with van der Waals surface area (Å²) in [4.78, 5) is 1.36. The predicted molar refractivity (Wildman–Crippen MR) is 98.6 cm³/mol. The van der Waals surface area contributed by atoms with E-state index in [-0.39, 0.29) is 0 Å². The maximum absolute atomic E-state index is 3.65. The third kappa shape index (κ3) is 4.67. The Balaban J connectivity index is 2.16. The molecule has 5 heteroatoms. The van der Waals surface area contributed by atoms with Crippen molar-refractivity contribution in [2.24, 2.45) is 0 Å². The Morgan fingerprint density at radius 1 is 1.15 bits per heavy atom. The summed E-state index contributed by atoms with van der Waals surface area (Å²) in [6, 6.07) is 11.1. The van der Waals surface area contributed by atoms with E-state index in [1.807, 2.05) is 0 Å². The molecular formula is C15H16Br3NS. The molecule has 0 aliphatic rings. The minimum Gasteiger partial charge on any atom is -0.309 e. The van der Waals surface area contributed by atoms with E-state index in [1.165, 1.54) is 10.4 Å². The lowest BCUT2D eigenvalue weighted by Gasteiger charge is -2.17. The van der Waals surface area contributed by atoms with Gasteiger partial charge in [0.2, 0.25) is 0 Å². The average Bonchev–Trinajstić information content (AvgIpc) is 2.77. The summed E-state index contributed by atoms with van der Waals surface area (Å²) in [6.45, 7) is 3.23. The van der Waals surface area contributed by atoms with Gasteiger partial charge in [-0.05, 0) is 75.0 Å². The fraction of sp³-hybridized carbons (Fsp3) is 0.333. The van der Waals surface area contributed by atoms with Crippen molar-refractivity contribution >= 4 is 59.1 Å². The van der Waals surface area contributed by atoms with Gasteiger partial charge in [-0.15, -0.1) is 11.3 Å². The van der Waals surface area contributed by atoms with Gasteiger partial charge < -0.3 is 5.32 Å². The second-order valence-electron chi connectivity index (χ2n) is 4.61. The molecule has 1 aromatic heterocycles. The minimum absolute atomic E-state index is 0.365. The van der Waals surface area contributed by atoms with Crippen LogP contribution in [0.15, 0.2) is 43.1 Å². The molecule has 0 fully saturated rings. The molecule has 1 unspecified atom stereocenters. The molecule has 0 amide bonds. The number of thiophene rings is 1. The summed E-state index contributed by atoms with van der Waals surface area (Å²) < 4.78 is 3.42. The molecule has 2 rings (SSSR count). The highest BCUT2D eigenvalue weighted by molar-refractivity contribution is 9.13. The molecule has 0 bridgehead atoms. The molecule has 0 aliphatic carbocycles. The summed E-state index contributed by atoms with van der Waals surface area (Å²) in [5.41, 5.74) is 1.35. The number of benzene rings is 1. The molecule has 1 heterocycles. The van der Waals surface area contributed by atoms with Crippen LogP contribution in [0, 0.1) is 0 Å². The van der Waals surface area contributed by atoms with E-state index in [0.717, 1.165) is 32.1 Å². The molecule has 1 aromatic carbocycles. The third-order valence-electron chi connectivity index (χ3n) is 3.00. The Morgan fingerprint density at radius 2 is 1.85 bits per heavy atom. The molecule has 1 nitrogen and oxygen atoms in total. The lowest BCUT2D eigenvalue weighted by atomic mass is 10.0. The molecule has 20 heavy (non-hydrogen) atoms. The molecule has 0 spiro atoms. The summed E-state index contributed by atoms with van der Waals surface area (Å²) in [6.07, 6.45) is 2.15. The monoisotopic (exact) mass is 479 g/mol. The van der Waals surface area contributed by atoms with Crippen molar-refractivity contribution in [3.63, 3.8) is 0 Å². The number of halogens is 3. The van der Waals surface area contributed by atoms with Crippen LogP contribution in [0.1, 0.15) is 29.8 Å². The van der Waals surface area contributed by atoms with Gasteiger partial charge in [0.25, 0.3) is 0 Å². The van der Waals surface area contributed by atoms with E-state index in [2.05, 4.69) is 90.4 Å². The van der Waals surface area contributed by atoms with E-state index >= 15 is 0 Å². The van der Waals surface area contributed by atoms with Crippen molar-refractivity contribution in [3.05, 3.63) is 53.5 Å². The topological polar surface area (TPSA) is 12.0 Å². The van der Waals surface area contributed by atoms with Gasteiger partial charge >= 0.3 is 0 Å². The molecule has 0 saturated carbocycles. The number of hydrogen-bond donors (Lipinski definition) is 1. The molecule has 1 N–H and O–H groups in total. The van der Waals surface area contributed by atoms with Gasteiger partial charge in [0, 0.05) is 19.9 Å². The quantitative estimate of drug-likeness (QED) is 0.509. The van der Waals surface area contributed by atoms with Crippen molar-refractivity contribution in [2.75, 3.05) is 6.54 Å². The average molecular weight is 482 g/mol. The smallest absolute Gasteiger partial charge is 0.0843 e. The molecule has 2 aromatic rings. The molecule has 0 aliphatic heterocycles. The normalized spacial score (nSPS) is 12.6. The summed E-state index contributed by atoms with van der Waals surface area (Å²) in [5, 5.41) is 3.65. The van der Waals surface area contributed by atoms with Crippen LogP contribution in [0.2, 0.25) is 0 Å². The van der Waals surface area contributed by atoms with Crippen LogP contribution in [-0.2, 0) is 6.42 Å². The van der Waals surface area contributed by atoms with Crippen LogP contribution < -0.4 is 5.32 Å². The van der Waals surface area contributed by atoms with Gasteiger partial charge in [0.05, 0.1) is 3.79 Å². The highest BCUT2D eigenvalue weighted by atomic mass is 79.9. The van der Waals surface area contributed by atoms with Gasteiger partial charge in [0.1, 0.15) is 0 Å². The highest BCUT2D eigenvalue weighted by Gasteiger charge is 2.16. The highest BCUT2D eigenvalue weighted by Crippen LogP contribution is 2.36. The van der Waals surface area contributed by atoms with E-state index in [1.54, 1.807) is 11.3 Å². The number of hydrogen-bond acceptors (Lipinski definition) is 2. The van der Waals surface area contributed by atoms with Crippen LogP contribution in [0.3, 0.4) is 0 Å². The van der Waals surface area contributed by atoms with Crippen molar-refractivity contribution in [3.8, 4) is 0 Å². The van der Waals surface area contributed by atoms with Crippen molar-refractivity contribution in [2.45, 2.75) is 25.8 Å². The first-order chi connectivity index (χ1) is 9.60. The number of nitrogens with one attached hydrogen (secondary N) is 1. The molecule has 1 atom stereocenters. The second kappa shape index (κ2) is 8.08. The van der Waals surface area contributed by atoms with Gasteiger partial charge in [0.15, 0.2) is 0 Å². The van der Waals surface area contributed by atoms with Crippen molar-refractivity contribution in [1.82, 2.24) is 5.32 Å². The molecule has 0 radical (unpaired) electrons. The lowest BCUT2D eigenvalue weighted by Crippen LogP contribution is -2.23. The fourth-order valence-corrected chi connectivity index (χ4v) is 4.41. The summed E-state index contributed by atoms with van der Waals surface area (Å²) in [5.74, 6) is 0. The van der Waals surface area contributed by atoms with Crippen LogP contribution in [0.25, 0.3) is 0 Å². The van der Waals surface area contributed by atoms with Gasteiger partial charge in [-0.3, -0.25) is 0 Å². The van der Waals surface area contributed by atoms with Gasteiger partial charge in [-0.1, -0.05) is 35.0 Å². The second-order valence-corrected chi connectivity index (χ2v) is 8.78. The van der Waals surface area contributed by atoms with E-state index in [0.29, 0.717) is 6.04 Å². The maximum Gasteiger partial charge on any atom is 0.0843 e. The minimum atomic E-state index is 0.365. The maximum atomic E-state index is 3.65. The van der Waals surface area contributed by atoms with Gasteiger partial charge in [-0.2, -0.15) is 0 Å². The third-order valence-corrected chi connectivity index (χ3v) is 6.90. The molecule has 0 saturated heterocycles. The van der Waals surface area contributed by atoms with Crippen molar-refractivity contribution in [1.29, 1.82) is 0 Å². The van der Waals surface area contributed by atoms with E-state index in [4.69, 9.17) is 0 Å². The van der Waals surface area contributed by atoms with Gasteiger partial charge in [-0.25, -0.2) is 0 Å². The SMILES string of the molecule is CCCNC(Cc1ccc(Br)cc1)c1cc(Br)c(Br)s1. The zero-order valence-electron chi connectivity index (χ0n) is 11.1. The largest absolute Gasteiger partial charge is 0.309 e. The zero-order valence-corrected chi connectivity index (χ0v) is 16.7. The Hall–Kier alpha value is 0.320. The summed E-state index contributed by atoms with van der Waals surface area (Å²) >= 11 is 12.4. The van der Waals surface area contributed by atoms with E-state index in [9.17, 15) is 0 Å². The number of rotatable bonds is 6. The van der Waals surface area contributed by atoms with Crippen LogP contribution in [-0.4, -0.2) is 6.54 Å². The zero-order chi connectivity index (χ0) is 14.5. The lowest BCUT2D eigenvalue weighted by molar-refractivity contribution is 0.536. The first-order valence-electron chi connectivity index (χ1n) is 6.52. The Bertz CT molecular complexity index is 531. The molecule has 108 valence electrons. The van der Waals surface area contributed by atoms with Crippen LogP contribution >= 0.6 is 59.1 Å². The van der Waals surface area contributed by atoms with Crippen LogP contribution in [0.4, 0.5) is 0 Å². The first kappa shape index (κ1) is 16.7. The predicted octanol–water partition coefficient (Wildman–Crippen LogP) is 6.32. The Morgan fingerprint density at radius 3 is 2.40 bits per heavy atom. The fourth-order valence-electron chi connectivity index (χ4n) is 1.98. The van der Waals surface area contributed by atoms with E-state index < -0.39 is 0 Å². The molecular weight excluding hydrogens is 466 g/mol. The first-order valence-corrected chi connectivity index (χ1v) is 9.72.